The number of benzene rings is 2. The van der Waals surface area contributed by atoms with Crippen molar-refractivity contribution >= 4 is 31.9 Å². The van der Waals surface area contributed by atoms with Crippen LogP contribution in [0.15, 0.2) is 60.9 Å². The van der Waals surface area contributed by atoms with Crippen LogP contribution < -0.4 is 28.7 Å². The Morgan fingerprint density at radius 1 is 0.569 bits per heavy atom. The van der Waals surface area contributed by atoms with E-state index in [2.05, 4.69) is 9.80 Å². The predicted molar refractivity (Wildman–Crippen MR) is 193 cm³/mol. The first kappa shape index (κ1) is 40.4. The molecule has 1 aliphatic rings. The fourth-order valence-electron chi connectivity index (χ4n) is 5.09. The van der Waals surface area contributed by atoms with Crippen LogP contribution in [-0.2, 0) is 20.2 Å². The van der Waals surface area contributed by atoms with Gasteiger partial charge < -0.3 is 39.0 Å². The van der Waals surface area contributed by atoms with Gasteiger partial charge in [-0.1, -0.05) is 0 Å². The van der Waals surface area contributed by atoms with Crippen LogP contribution in [0.3, 0.4) is 0 Å². The number of pyridine rings is 2. The summed E-state index contributed by atoms with van der Waals surface area (Å²) in [6.45, 7) is 3.36. The Morgan fingerprint density at radius 2 is 0.922 bits per heavy atom. The lowest BCUT2D eigenvalue weighted by molar-refractivity contribution is 0.333. The molecule has 5 rings (SSSR count). The number of phenols is 2. The zero-order valence-corrected chi connectivity index (χ0v) is 30.6. The van der Waals surface area contributed by atoms with E-state index >= 15 is 0 Å². The Morgan fingerprint density at radius 3 is 1.20 bits per heavy atom. The highest BCUT2D eigenvalue weighted by molar-refractivity contribution is 7.85. The lowest BCUT2D eigenvalue weighted by atomic mass is 10.1. The van der Waals surface area contributed by atoms with Gasteiger partial charge in [-0.2, -0.15) is 16.8 Å². The van der Waals surface area contributed by atoms with Gasteiger partial charge in [0.05, 0.1) is 41.0 Å². The predicted octanol–water partition coefficient (Wildman–Crippen LogP) is 3.98. The minimum atomic E-state index is -3.67. The highest BCUT2D eigenvalue weighted by Gasteiger charge is 2.19. The van der Waals surface area contributed by atoms with E-state index in [1.807, 2.05) is 48.8 Å². The second-order valence-electron chi connectivity index (χ2n) is 11.1. The zero-order valence-electron chi connectivity index (χ0n) is 29.0. The van der Waals surface area contributed by atoms with Crippen molar-refractivity contribution in [2.75, 3.05) is 76.9 Å². The molecule has 278 valence electrons. The average molecular weight is 751 g/mol. The molecule has 1 fully saturated rings. The number of nitrogens with zero attached hydrogens (tertiary/aromatic N) is 4. The number of anilines is 2. The molecule has 0 radical (unpaired) electrons. The summed E-state index contributed by atoms with van der Waals surface area (Å²) in [5, 5.41) is 20.7. The van der Waals surface area contributed by atoms with Gasteiger partial charge in [0.25, 0.3) is 20.2 Å². The number of phenolic OH excluding ortho intramolecular Hbond substituents is 2. The Labute approximate surface area is 297 Å². The SMILES string of the molecule is COc1cc(-c2ccc(N3CCCN(c4ccc(-c5cc(O)c(OC)c(OC)c5)cn4)CC3)nc2)cc(O)c1OC.CS(=O)(=O)O.CS(=O)(=O)O. The van der Waals surface area contributed by atoms with E-state index in [0.29, 0.717) is 35.5 Å². The van der Waals surface area contributed by atoms with E-state index in [-0.39, 0.29) is 11.5 Å². The summed E-state index contributed by atoms with van der Waals surface area (Å²) < 4.78 is 72.9. The molecule has 3 heterocycles. The van der Waals surface area contributed by atoms with Gasteiger partial charge in [0.2, 0.25) is 11.5 Å². The first-order valence-electron chi connectivity index (χ1n) is 15.1. The smallest absolute Gasteiger partial charge is 0.261 e. The lowest BCUT2D eigenvalue weighted by Gasteiger charge is -2.23. The molecule has 0 amide bonds. The average Bonchev–Trinajstić information content (AvgIpc) is 3.33. The molecule has 1 aliphatic heterocycles. The topological polar surface area (TPSA) is 218 Å². The number of rotatable bonds is 8. The monoisotopic (exact) mass is 750 g/mol. The number of methoxy groups -OCH3 is 4. The fourth-order valence-corrected chi connectivity index (χ4v) is 5.09. The molecule has 0 aliphatic carbocycles. The van der Waals surface area contributed by atoms with E-state index in [1.54, 1.807) is 26.4 Å². The Kier molecular flexibility index (Phi) is 14.1. The summed E-state index contributed by atoms with van der Waals surface area (Å²) in [5.41, 5.74) is 3.32. The third-order valence-electron chi connectivity index (χ3n) is 7.22. The number of ether oxygens (including phenoxy) is 4. The van der Waals surface area contributed by atoms with Crippen molar-refractivity contribution in [1.82, 2.24) is 9.97 Å². The van der Waals surface area contributed by atoms with Crippen molar-refractivity contribution in [3.63, 3.8) is 0 Å². The molecule has 2 aromatic heterocycles. The van der Waals surface area contributed by atoms with Crippen LogP contribution in [0.5, 0.6) is 34.5 Å². The third kappa shape index (κ3) is 12.4. The highest BCUT2D eigenvalue weighted by Crippen LogP contribution is 2.41. The second-order valence-corrected chi connectivity index (χ2v) is 14.0. The number of aromatic hydroxyl groups is 2. The van der Waals surface area contributed by atoms with Crippen LogP contribution in [0.25, 0.3) is 22.3 Å². The van der Waals surface area contributed by atoms with Crippen LogP contribution in [0.2, 0.25) is 0 Å². The van der Waals surface area contributed by atoms with Crippen molar-refractivity contribution in [2.24, 2.45) is 0 Å². The van der Waals surface area contributed by atoms with Crippen molar-refractivity contribution in [3.8, 4) is 56.8 Å². The molecule has 0 spiro atoms. The van der Waals surface area contributed by atoms with Crippen molar-refractivity contribution in [3.05, 3.63) is 60.9 Å². The van der Waals surface area contributed by atoms with E-state index in [9.17, 15) is 27.0 Å². The summed E-state index contributed by atoms with van der Waals surface area (Å²) in [5.74, 6) is 3.36. The number of hydrogen-bond donors (Lipinski definition) is 4. The molecule has 4 aromatic rings. The maximum absolute atomic E-state index is 10.3. The van der Waals surface area contributed by atoms with Crippen molar-refractivity contribution < 1.29 is 55.1 Å². The molecule has 0 unspecified atom stereocenters. The summed E-state index contributed by atoms with van der Waals surface area (Å²) in [6.07, 6.45) is 6.01. The molecule has 1 saturated heterocycles. The molecule has 0 atom stereocenters. The first-order valence-corrected chi connectivity index (χ1v) is 18.8. The van der Waals surface area contributed by atoms with E-state index in [4.69, 9.17) is 38.0 Å². The van der Waals surface area contributed by atoms with Gasteiger partial charge >= 0.3 is 0 Å². The molecule has 51 heavy (non-hydrogen) atoms. The standard InChI is InChI=1S/C31H34N4O6.2CH4O3S/c1-38-26-16-22(14-24(36)30(26)40-3)20-6-8-28(32-18-20)34-10-5-11-35(13-12-34)29-9-7-21(19-33-29)23-15-25(37)31(41-4)27(17-23)39-2;2*1-5(2,3)4/h6-9,14-19,36-37H,5,10-13H2,1-4H3;2*1H3,(H,2,3,4). The molecule has 0 saturated carbocycles. The van der Waals surface area contributed by atoms with Crippen LogP contribution in [-0.4, -0.2) is 113 Å². The number of hydrogen-bond acceptors (Lipinski definition) is 14. The van der Waals surface area contributed by atoms with Crippen LogP contribution >= 0.6 is 0 Å². The van der Waals surface area contributed by atoms with Gasteiger partial charge in [0.15, 0.2) is 23.0 Å². The fraction of sp³-hybridized carbons (Fsp3) is 0.333. The van der Waals surface area contributed by atoms with E-state index in [1.165, 1.54) is 14.2 Å². The maximum atomic E-state index is 10.3. The normalized spacial score (nSPS) is 13.1. The lowest BCUT2D eigenvalue weighted by Crippen LogP contribution is -2.31. The van der Waals surface area contributed by atoms with Gasteiger partial charge in [0.1, 0.15) is 11.6 Å². The largest absolute Gasteiger partial charge is 0.504 e. The van der Waals surface area contributed by atoms with Crippen LogP contribution in [0, 0.1) is 0 Å². The molecule has 2 aromatic carbocycles. The first-order chi connectivity index (χ1) is 23.9. The minimum absolute atomic E-state index is 0.0158. The van der Waals surface area contributed by atoms with Gasteiger partial charge in [-0.3, -0.25) is 9.11 Å². The summed E-state index contributed by atoms with van der Waals surface area (Å²) in [4.78, 5) is 14.0. The molecule has 0 bridgehead atoms. The summed E-state index contributed by atoms with van der Waals surface area (Å²) in [7, 11) is -1.26. The highest BCUT2D eigenvalue weighted by atomic mass is 32.2. The minimum Gasteiger partial charge on any atom is -0.504 e. The van der Waals surface area contributed by atoms with Crippen molar-refractivity contribution in [1.29, 1.82) is 0 Å². The Hall–Kier alpha value is -5.04. The van der Waals surface area contributed by atoms with E-state index < -0.39 is 20.2 Å². The van der Waals surface area contributed by atoms with E-state index in [0.717, 1.165) is 66.5 Å². The molecule has 4 N–H and O–H groups in total. The van der Waals surface area contributed by atoms with Crippen molar-refractivity contribution in [2.45, 2.75) is 6.42 Å². The van der Waals surface area contributed by atoms with Gasteiger partial charge in [-0.15, -0.1) is 0 Å². The maximum Gasteiger partial charge on any atom is 0.261 e. The summed E-state index contributed by atoms with van der Waals surface area (Å²) >= 11 is 0. The Bertz CT molecular complexity index is 1820. The third-order valence-corrected chi connectivity index (χ3v) is 7.22. The van der Waals surface area contributed by atoms with Crippen LogP contribution in [0.4, 0.5) is 11.6 Å². The second kappa shape index (κ2) is 17.8. The zero-order chi connectivity index (χ0) is 37.9. The molecule has 18 heteroatoms. The van der Waals surface area contributed by atoms with Crippen LogP contribution in [0.1, 0.15) is 6.42 Å². The molecular formula is C33H42N4O12S2. The summed E-state index contributed by atoms with van der Waals surface area (Å²) in [6, 6.07) is 14.9. The van der Waals surface area contributed by atoms with Gasteiger partial charge in [-0.05, 0) is 66.1 Å². The van der Waals surface area contributed by atoms with Gasteiger partial charge in [-0.25, -0.2) is 9.97 Å². The quantitative estimate of drug-likeness (QED) is 0.187. The van der Waals surface area contributed by atoms with Gasteiger partial charge in [0, 0.05) is 49.7 Å². The molecular weight excluding hydrogens is 709 g/mol. The number of aromatic nitrogens is 2. The Balaban J connectivity index is 0.000000619. The molecule has 16 nitrogen and oxygen atoms in total.